The number of fused-ring (bicyclic) bond motifs is 5. The highest BCUT2D eigenvalue weighted by molar-refractivity contribution is 7.19. The average molecular weight is 468 g/mol. The van der Waals surface area contributed by atoms with Crippen LogP contribution in [-0.4, -0.2) is 49.4 Å². The average Bonchev–Trinajstić information content (AvgIpc) is 3.40. The number of thiophene rings is 1. The molecule has 0 aliphatic carbocycles. The van der Waals surface area contributed by atoms with Gasteiger partial charge in [0.05, 0.1) is 25.6 Å². The summed E-state index contributed by atoms with van der Waals surface area (Å²) in [5.41, 5.74) is 1.86. The zero-order valence-corrected chi connectivity index (χ0v) is 19.8. The molecule has 1 aliphatic rings. The molecule has 9 nitrogen and oxygen atoms in total. The summed E-state index contributed by atoms with van der Waals surface area (Å²) in [6, 6.07) is 7.65. The van der Waals surface area contributed by atoms with E-state index in [9.17, 15) is 9.59 Å². The van der Waals surface area contributed by atoms with Crippen molar-refractivity contribution in [2.45, 2.75) is 45.9 Å². The molecule has 33 heavy (non-hydrogen) atoms. The van der Waals surface area contributed by atoms with Crippen LogP contribution in [0.5, 0.6) is 5.75 Å². The zero-order chi connectivity index (χ0) is 23.3. The Morgan fingerprint density at radius 3 is 2.67 bits per heavy atom. The minimum Gasteiger partial charge on any atom is -0.497 e. The van der Waals surface area contributed by atoms with Gasteiger partial charge in [-0.2, -0.15) is 9.61 Å². The number of carbonyl (C=O) groups excluding carboxylic acids is 1. The summed E-state index contributed by atoms with van der Waals surface area (Å²) < 4.78 is 13.9. The van der Waals surface area contributed by atoms with Crippen molar-refractivity contribution >= 4 is 33.3 Å². The van der Waals surface area contributed by atoms with Crippen LogP contribution >= 0.6 is 11.3 Å². The van der Waals surface area contributed by atoms with Crippen LogP contribution in [0, 0.1) is 0 Å². The normalized spacial score (nSPS) is 14.0. The van der Waals surface area contributed by atoms with E-state index in [2.05, 4.69) is 10.1 Å². The van der Waals surface area contributed by atoms with Gasteiger partial charge in [0.1, 0.15) is 22.5 Å². The molecule has 1 aromatic carbocycles. The van der Waals surface area contributed by atoms with Gasteiger partial charge in [-0.15, -0.1) is 11.3 Å². The largest absolute Gasteiger partial charge is 0.497 e. The third-order valence-corrected chi connectivity index (χ3v) is 6.86. The Labute approximate surface area is 194 Å². The summed E-state index contributed by atoms with van der Waals surface area (Å²) in [7, 11) is 1.62. The van der Waals surface area contributed by atoms with Crippen LogP contribution in [0.3, 0.4) is 0 Å². The van der Waals surface area contributed by atoms with E-state index in [-0.39, 0.29) is 11.8 Å². The number of rotatable bonds is 3. The number of benzene rings is 1. The fourth-order valence-corrected chi connectivity index (χ4v) is 5.45. The van der Waals surface area contributed by atoms with Gasteiger partial charge in [0.15, 0.2) is 5.65 Å². The van der Waals surface area contributed by atoms with E-state index >= 15 is 0 Å². The Hall–Kier alpha value is -3.40. The summed E-state index contributed by atoms with van der Waals surface area (Å²) >= 11 is 1.53. The number of nitrogens with zero attached hydrogens (tertiary/aromatic N) is 5. The number of carbonyl (C=O) groups is 1. The fourth-order valence-electron chi connectivity index (χ4n) is 4.10. The lowest BCUT2D eigenvalue weighted by Crippen LogP contribution is -2.39. The molecule has 1 aliphatic heterocycles. The van der Waals surface area contributed by atoms with Gasteiger partial charge in [0, 0.05) is 11.4 Å². The first-order valence-electron chi connectivity index (χ1n) is 10.7. The minimum absolute atomic E-state index is 0.242. The number of hydrogen-bond donors (Lipinski definition) is 0. The van der Waals surface area contributed by atoms with Gasteiger partial charge in [0.2, 0.25) is 0 Å². The number of amides is 1. The van der Waals surface area contributed by atoms with Crippen LogP contribution < -0.4 is 10.4 Å². The predicted molar refractivity (Wildman–Crippen MR) is 125 cm³/mol. The van der Waals surface area contributed by atoms with Gasteiger partial charge in [-0.3, -0.25) is 4.57 Å². The monoisotopic (exact) mass is 467 g/mol. The van der Waals surface area contributed by atoms with Crippen molar-refractivity contribution in [3.05, 3.63) is 57.1 Å². The van der Waals surface area contributed by atoms with Crippen LogP contribution in [0.25, 0.3) is 15.9 Å². The van der Waals surface area contributed by atoms with Crippen molar-refractivity contribution in [3.8, 4) is 5.75 Å². The maximum atomic E-state index is 13.3. The van der Waals surface area contributed by atoms with Crippen molar-refractivity contribution in [2.75, 3.05) is 13.7 Å². The van der Waals surface area contributed by atoms with Crippen molar-refractivity contribution in [1.82, 2.24) is 24.1 Å². The molecule has 5 rings (SSSR count). The molecule has 0 unspecified atom stereocenters. The highest BCUT2D eigenvalue weighted by Crippen LogP contribution is 2.37. The van der Waals surface area contributed by atoms with Crippen LogP contribution in [0.1, 0.15) is 36.8 Å². The topological polar surface area (TPSA) is 91.0 Å². The van der Waals surface area contributed by atoms with Gasteiger partial charge in [-0.05, 0) is 50.5 Å². The van der Waals surface area contributed by atoms with Crippen LogP contribution in [0.4, 0.5) is 4.79 Å². The lowest BCUT2D eigenvalue weighted by Gasteiger charge is -2.29. The summed E-state index contributed by atoms with van der Waals surface area (Å²) in [5, 5.41) is 5.12. The summed E-state index contributed by atoms with van der Waals surface area (Å²) in [4.78, 5) is 33.9. The van der Waals surface area contributed by atoms with Crippen LogP contribution in [0.2, 0.25) is 0 Å². The second-order valence-electron chi connectivity index (χ2n) is 9.05. The Morgan fingerprint density at radius 1 is 1.21 bits per heavy atom. The first kappa shape index (κ1) is 21.4. The molecule has 0 radical (unpaired) electrons. The standard InChI is InChI=1S/C23H25N5O4S/c1-23(2,3)32-22(30)26-10-9-16-17(12-26)33-20-18(16)19-24-13-25-28(19)21(29)27(20)11-14-5-7-15(31-4)8-6-14/h5-8,13H,9-12H2,1-4H3. The van der Waals surface area contributed by atoms with Crippen molar-refractivity contribution < 1.29 is 14.3 Å². The molecular formula is C23H25N5O4S. The molecule has 0 saturated heterocycles. The molecule has 3 aromatic heterocycles. The van der Waals surface area contributed by atoms with Crippen molar-refractivity contribution in [3.63, 3.8) is 0 Å². The molecule has 0 spiro atoms. The van der Waals surface area contributed by atoms with Gasteiger partial charge < -0.3 is 14.4 Å². The van der Waals surface area contributed by atoms with E-state index in [0.29, 0.717) is 31.7 Å². The Morgan fingerprint density at radius 2 is 1.97 bits per heavy atom. The van der Waals surface area contributed by atoms with Gasteiger partial charge in [0.25, 0.3) is 0 Å². The summed E-state index contributed by atoms with van der Waals surface area (Å²) in [6.45, 7) is 6.97. The lowest BCUT2D eigenvalue weighted by atomic mass is 10.1. The molecule has 4 aromatic rings. The third kappa shape index (κ3) is 3.84. The van der Waals surface area contributed by atoms with Gasteiger partial charge in [-0.1, -0.05) is 12.1 Å². The number of ether oxygens (including phenoxy) is 2. The Balaban J connectivity index is 1.59. The predicted octanol–water partition coefficient (Wildman–Crippen LogP) is 3.46. The van der Waals surface area contributed by atoms with Crippen LogP contribution in [0.15, 0.2) is 35.4 Å². The van der Waals surface area contributed by atoms with E-state index < -0.39 is 5.60 Å². The van der Waals surface area contributed by atoms with Gasteiger partial charge >= 0.3 is 11.8 Å². The molecule has 0 saturated carbocycles. The summed E-state index contributed by atoms with van der Waals surface area (Å²) in [5.74, 6) is 0.761. The number of methoxy groups -OCH3 is 1. The van der Waals surface area contributed by atoms with Gasteiger partial charge in [-0.25, -0.2) is 14.6 Å². The maximum Gasteiger partial charge on any atom is 0.410 e. The van der Waals surface area contributed by atoms with E-state index in [1.54, 1.807) is 16.6 Å². The summed E-state index contributed by atoms with van der Waals surface area (Å²) in [6.07, 6.45) is 1.75. The molecule has 4 heterocycles. The van der Waals surface area contributed by atoms with Crippen LogP contribution in [-0.2, 0) is 24.2 Å². The first-order valence-corrected chi connectivity index (χ1v) is 11.5. The number of hydrogen-bond acceptors (Lipinski definition) is 7. The van der Waals surface area contributed by atoms with E-state index in [0.717, 1.165) is 32.0 Å². The molecule has 172 valence electrons. The third-order valence-electron chi connectivity index (χ3n) is 5.62. The Bertz CT molecular complexity index is 1410. The van der Waals surface area contributed by atoms with Crippen molar-refractivity contribution in [2.24, 2.45) is 0 Å². The van der Waals surface area contributed by atoms with E-state index in [1.807, 2.05) is 45.0 Å². The molecule has 1 amide bonds. The quantitative estimate of drug-likeness (QED) is 0.458. The Kier molecular flexibility index (Phi) is 5.12. The zero-order valence-electron chi connectivity index (χ0n) is 19.0. The molecule has 0 fully saturated rings. The first-order chi connectivity index (χ1) is 15.7. The number of aromatic nitrogens is 4. The second-order valence-corrected chi connectivity index (χ2v) is 10.1. The van der Waals surface area contributed by atoms with Crippen molar-refractivity contribution in [1.29, 1.82) is 0 Å². The molecule has 0 bridgehead atoms. The fraction of sp³-hybridized carbons (Fsp3) is 0.391. The SMILES string of the molecule is COc1ccc(Cn2c(=O)n3ncnc3c3c4c(sc32)CN(C(=O)OC(C)(C)C)CC4)cc1. The molecule has 0 N–H and O–H groups in total. The highest BCUT2D eigenvalue weighted by atomic mass is 32.1. The minimum atomic E-state index is -0.552. The van der Waals surface area contributed by atoms with E-state index in [4.69, 9.17) is 9.47 Å². The highest BCUT2D eigenvalue weighted by Gasteiger charge is 2.30. The molecule has 10 heteroatoms. The second kappa shape index (κ2) is 7.87. The molecular weight excluding hydrogens is 442 g/mol. The maximum absolute atomic E-state index is 13.3. The molecule has 0 atom stereocenters. The lowest BCUT2D eigenvalue weighted by molar-refractivity contribution is 0.0227. The van der Waals surface area contributed by atoms with E-state index in [1.165, 1.54) is 22.2 Å². The smallest absolute Gasteiger partial charge is 0.410 e.